The number of carbonyl (C=O) groups is 2. The van der Waals surface area contributed by atoms with Crippen molar-refractivity contribution in [1.29, 1.82) is 0 Å². The fourth-order valence-electron chi connectivity index (χ4n) is 3.95. The Morgan fingerprint density at radius 2 is 2.12 bits per heavy atom. The Morgan fingerprint density at radius 1 is 1.28 bits per heavy atom. The molecule has 2 aliphatic rings. The summed E-state index contributed by atoms with van der Waals surface area (Å²) in [5.41, 5.74) is 1.94. The Labute approximate surface area is 150 Å². The Morgan fingerprint density at radius 3 is 2.92 bits per heavy atom. The van der Waals surface area contributed by atoms with Crippen LogP contribution in [0.5, 0.6) is 0 Å². The maximum Gasteiger partial charge on any atom is 0.254 e. The number of amides is 2. The predicted molar refractivity (Wildman–Crippen MR) is 98.3 cm³/mol. The van der Waals surface area contributed by atoms with E-state index in [2.05, 4.69) is 17.1 Å². The van der Waals surface area contributed by atoms with Gasteiger partial charge in [0.2, 0.25) is 5.91 Å². The minimum absolute atomic E-state index is 0.126. The van der Waals surface area contributed by atoms with E-state index in [0.29, 0.717) is 19.0 Å². The van der Waals surface area contributed by atoms with Gasteiger partial charge in [0.25, 0.3) is 5.91 Å². The highest BCUT2D eigenvalue weighted by Crippen LogP contribution is 2.22. The molecular formula is C20H29N3O2. The molecule has 0 aromatic heterocycles. The average molecular weight is 343 g/mol. The molecule has 1 fully saturated rings. The largest absolute Gasteiger partial charge is 0.355 e. The fourth-order valence-corrected chi connectivity index (χ4v) is 3.95. The number of fused-ring (bicyclic) bond motifs is 1. The molecule has 0 aliphatic carbocycles. The fraction of sp³-hybridized carbons (Fsp3) is 0.600. The molecule has 1 atom stereocenters. The molecule has 2 heterocycles. The number of hydrogen-bond donors (Lipinski definition) is 1. The van der Waals surface area contributed by atoms with Gasteiger partial charge < -0.3 is 10.2 Å². The number of carbonyl (C=O) groups excluding carboxylic acids is 2. The van der Waals surface area contributed by atoms with Gasteiger partial charge in [0, 0.05) is 37.7 Å². The van der Waals surface area contributed by atoms with Crippen LogP contribution in [0.4, 0.5) is 0 Å². The molecule has 1 N–H and O–H groups in total. The highest BCUT2D eigenvalue weighted by atomic mass is 16.2. The Hall–Kier alpha value is -1.88. The summed E-state index contributed by atoms with van der Waals surface area (Å²) < 4.78 is 0. The first-order chi connectivity index (χ1) is 12.2. The number of nitrogens with zero attached hydrogens (tertiary/aromatic N) is 2. The van der Waals surface area contributed by atoms with Crippen LogP contribution in [0.25, 0.3) is 0 Å². The van der Waals surface area contributed by atoms with Crippen LogP contribution < -0.4 is 5.32 Å². The van der Waals surface area contributed by atoms with Crippen LogP contribution >= 0.6 is 0 Å². The van der Waals surface area contributed by atoms with Gasteiger partial charge in [-0.1, -0.05) is 25.1 Å². The third kappa shape index (κ3) is 4.40. The number of benzene rings is 1. The monoisotopic (exact) mass is 343 g/mol. The zero-order valence-electron chi connectivity index (χ0n) is 15.2. The lowest BCUT2D eigenvalue weighted by Crippen LogP contribution is -2.40. The Balaban J connectivity index is 1.31. The van der Waals surface area contributed by atoms with Crippen molar-refractivity contribution in [2.24, 2.45) is 0 Å². The van der Waals surface area contributed by atoms with Crippen molar-refractivity contribution in [3.63, 3.8) is 0 Å². The zero-order valence-corrected chi connectivity index (χ0v) is 15.2. The molecule has 0 unspecified atom stereocenters. The Kier molecular flexibility index (Phi) is 6.08. The highest BCUT2D eigenvalue weighted by Gasteiger charge is 2.26. The average Bonchev–Trinajstić information content (AvgIpc) is 3.21. The van der Waals surface area contributed by atoms with Crippen molar-refractivity contribution in [2.45, 2.75) is 51.6 Å². The lowest BCUT2D eigenvalue weighted by Gasteiger charge is -2.22. The van der Waals surface area contributed by atoms with Crippen molar-refractivity contribution in [2.75, 3.05) is 26.2 Å². The number of likely N-dealkylation sites (N-methyl/N-ethyl adjacent to an activating group) is 1. The molecule has 1 aromatic carbocycles. The number of rotatable bonds is 8. The molecule has 5 nitrogen and oxygen atoms in total. The molecule has 2 amide bonds. The quantitative estimate of drug-likeness (QED) is 0.738. The van der Waals surface area contributed by atoms with E-state index in [9.17, 15) is 9.59 Å². The summed E-state index contributed by atoms with van der Waals surface area (Å²) in [4.78, 5) is 28.6. The van der Waals surface area contributed by atoms with Crippen LogP contribution in [0.3, 0.4) is 0 Å². The third-order valence-electron chi connectivity index (χ3n) is 5.42. The summed E-state index contributed by atoms with van der Waals surface area (Å²) in [6.07, 6.45) is 4.67. The number of unbranched alkanes of at least 4 members (excludes halogenated alkanes) is 1. The van der Waals surface area contributed by atoms with Crippen LogP contribution in [0, 0.1) is 0 Å². The normalized spacial score (nSPS) is 20.1. The number of hydrogen-bond acceptors (Lipinski definition) is 3. The van der Waals surface area contributed by atoms with Crippen molar-refractivity contribution < 1.29 is 9.59 Å². The summed E-state index contributed by atoms with van der Waals surface area (Å²) in [5.74, 6) is 0.264. The smallest absolute Gasteiger partial charge is 0.254 e. The van der Waals surface area contributed by atoms with Crippen molar-refractivity contribution >= 4 is 11.8 Å². The van der Waals surface area contributed by atoms with Gasteiger partial charge in [0.15, 0.2) is 0 Å². The molecule has 5 heteroatoms. The second-order valence-electron chi connectivity index (χ2n) is 7.07. The van der Waals surface area contributed by atoms with Gasteiger partial charge in [-0.3, -0.25) is 14.5 Å². The van der Waals surface area contributed by atoms with E-state index in [1.54, 1.807) is 0 Å². The van der Waals surface area contributed by atoms with Crippen LogP contribution in [0.1, 0.15) is 54.9 Å². The number of nitrogens with one attached hydrogen (secondary N) is 1. The molecule has 0 bridgehead atoms. The summed E-state index contributed by atoms with van der Waals surface area (Å²) >= 11 is 0. The summed E-state index contributed by atoms with van der Waals surface area (Å²) in [5, 5.41) is 3.08. The predicted octanol–water partition coefficient (Wildman–Crippen LogP) is 2.41. The maximum atomic E-state index is 12.3. The van der Waals surface area contributed by atoms with Gasteiger partial charge in [-0.15, -0.1) is 0 Å². The first-order valence-electron chi connectivity index (χ1n) is 9.57. The highest BCUT2D eigenvalue weighted by molar-refractivity contribution is 5.98. The van der Waals surface area contributed by atoms with Crippen molar-refractivity contribution in [3.05, 3.63) is 35.4 Å². The third-order valence-corrected chi connectivity index (χ3v) is 5.42. The standard InChI is InChI=1S/C20H29N3O2/c1-2-22-13-7-9-17(22)14-21-19(24)11-5-6-12-23-15-16-8-3-4-10-18(16)20(23)25/h3-4,8,10,17H,2,5-7,9,11-15H2,1H3,(H,21,24)/t17-/m0/s1. The van der Waals surface area contributed by atoms with E-state index in [-0.39, 0.29) is 11.8 Å². The van der Waals surface area contributed by atoms with Gasteiger partial charge >= 0.3 is 0 Å². The molecule has 0 radical (unpaired) electrons. The summed E-state index contributed by atoms with van der Waals surface area (Å²) in [7, 11) is 0. The van der Waals surface area contributed by atoms with E-state index in [0.717, 1.165) is 50.1 Å². The van der Waals surface area contributed by atoms with Gasteiger partial charge in [-0.25, -0.2) is 0 Å². The van der Waals surface area contributed by atoms with Crippen LogP contribution in [0.15, 0.2) is 24.3 Å². The zero-order chi connectivity index (χ0) is 17.6. The molecule has 1 aromatic rings. The minimum atomic E-state index is 0.126. The van der Waals surface area contributed by atoms with Crippen molar-refractivity contribution in [1.82, 2.24) is 15.1 Å². The van der Waals surface area contributed by atoms with Crippen molar-refractivity contribution in [3.8, 4) is 0 Å². The van der Waals surface area contributed by atoms with Crippen LogP contribution in [0.2, 0.25) is 0 Å². The van der Waals surface area contributed by atoms with E-state index in [1.807, 2.05) is 29.2 Å². The Bertz CT molecular complexity index is 617. The van der Waals surface area contributed by atoms with E-state index < -0.39 is 0 Å². The topological polar surface area (TPSA) is 52.7 Å². The lowest BCUT2D eigenvalue weighted by atomic mass is 10.1. The van der Waals surface area contributed by atoms with Gasteiger partial charge in [-0.2, -0.15) is 0 Å². The molecule has 2 aliphatic heterocycles. The summed E-state index contributed by atoms with van der Waals surface area (Å²) in [6.45, 7) is 6.60. The molecule has 1 saturated heterocycles. The van der Waals surface area contributed by atoms with Crippen LogP contribution in [-0.2, 0) is 11.3 Å². The van der Waals surface area contributed by atoms with Gasteiger partial charge in [0.05, 0.1) is 0 Å². The first-order valence-corrected chi connectivity index (χ1v) is 9.57. The van der Waals surface area contributed by atoms with E-state index in [4.69, 9.17) is 0 Å². The van der Waals surface area contributed by atoms with E-state index in [1.165, 1.54) is 12.8 Å². The van der Waals surface area contributed by atoms with Gasteiger partial charge in [-0.05, 0) is 50.4 Å². The number of likely N-dealkylation sites (tertiary alicyclic amines) is 1. The SMILES string of the molecule is CCN1CCC[C@H]1CNC(=O)CCCCN1Cc2ccccc2C1=O. The molecular weight excluding hydrogens is 314 g/mol. The molecule has 0 spiro atoms. The molecule has 25 heavy (non-hydrogen) atoms. The second kappa shape index (κ2) is 8.48. The maximum absolute atomic E-state index is 12.3. The second-order valence-corrected chi connectivity index (χ2v) is 7.07. The first kappa shape index (κ1) is 17.9. The molecule has 136 valence electrons. The lowest BCUT2D eigenvalue weighted by molar-refractivity contribution is -0.121. The minimum Gasteiger partial charge on any atom is -0.355 e. The van der Waals surface area contributed by atoms with Gasteiger partial charge in [0.1, 0.15) is 0 Å². The molecule has 0 saturated carbocycles. The summed E-state index contributed by atoms with van der Waals surface area (Å²) in [6, 6.07) is 8.31. The van der Waals surface area contributed by atoms with E-state index >= 15 is 0 Å². The molecule has 3 rings (SSSR count). The van der Waals surface area contributed by atoms with Crippen LogP contribution in [-0.4, -0.2) is 53.8 Å².